The van der Waals surface area contributed by atoms with Crippen LogP contribution in [0.1, 0.15) is 0 Å². The molecule has 0 unspecified atom stereocenters. The maximum atomic E-state index is 4.61. The van der Waals surface area contributed by atoms with Gasteiger partial charge in [-0.05, 0) is 0 Å². The molecule has 2 nitrogen and oxygen atoms in total. The Hall–Kier alpha value is 0.668. The van der Waals surface area contributed by atoms with Crippen molar-refractivity contribution in [3.63, 3.8) is 0 Å². The van der Waals surface area contributed by atoms with Gasteiger partial charge in [0.2, 0.25) is 0 Å². The van der Waals surface area contributed by atoms with Gasteiger partial charge in [0.15, 0.2) is 0 Å². The molecule has 0 amide bonds. The largest absolute Gasteiger partial charge is 0.693 e. The summed E-state index contributed by atoms with van der Waals surface area (Å²) in [5.41, 5.74) is 0. The smallest absolute Gasteiger partial charge is 0.693 e. The number of hydrogen-bond acceptors (Lipinski definition) is 0. The SMILES string of the molecule is Cl.[CH-]=C.[CH-]=C.[Cl][Pt].[NH2-].[NH2-]. The summed E-state index contributed by atoms with van der Waals surface area (Å²) in [6, 6.07) is 0. The molecule has 0 saturated carbocycles. The van der Waals surface area contributed by atoms with Crippen molar-refractivity contribution in [3.8, 4) is 0 Å². The third-order valence-corrected chi connectivity index (χ3v) is 0. The van der Waals surface area contributed by atoms with E-state index in [9.17, 15) is 0 Å². The average molecular weight is 353 g/mol. The Morgan fingerprint density at radius 3 is 0.889 bits per heavy atom. The van der Waals surface area contributed by atoms with Crippen LogP contribution in [0.25, 0.3) is 12.3 Å². The average Bonchev–Trinajstić information content (AvgIpc) is 1.81. The fourth-order valence-corrected chi connectivity index (χ4v) is 0. The molecule has 0 aliphatic carbocycles. The van der Waals surface area contributed by atoms with E-state index >= 15 is 0 Å². The van der Waals surface area contributed by atoms with Crippen molar-refractivity contribution < 1.29 is 18.8 Å². The molecular weight excluding hydrogens is 342 g/mol. The first kappa shape index (κ1) is 54.0. The Morgan fingerprint density at radius 2 is 0.889 bits per heavy atom. The zero-order chi connectivity index (χ0) is 6.00. The Labute approximate surface area is 79.1 Å². The van der Waals surface area contributed by atoms with Crippen molar-refractivity contribution in [1.82, 2.24) is 0 Å². The van der Waals surface area contributed by atoms with E-state index in [1.165, 1.54) is 0 Å². The molecule has 0 heterocycles. The quantitative estimate of drug-likeness (QED) is 0.596. The molecule has 9 heavy (non-hydrogen) atoms. The second-order valence-electron chi connectivity index (χ2n) is 0. The Balaban J connectivity index is -0.00000000321. The Morgan fingerprint density at radius 1 is 0.889 bits per heavy atom. The van der Waals surface area contributed by atoms with Gasteiger partial charge in [0.1, 0.15) is 0 Å². The summed E-state index contributed by atoms with van der Waals surface area (Å²) < 4.78 is 0. The van der Waals surface area contributed by atoms with Gasteiger partial charge in [-0.15, -0.1) is 12.4 Å². The van der Waals surface area contributed by atoms with E-state index in [-0.39, 0.29) is 24.7 Å². The fraction of sp³-hybridized carbons (Fsp3) is 0. The minimum atomic E-state index is 0. The molecule has 0 aliphatic rings. The molecule has 0 spiro atoms. The first-order chi connectivity index (χ1) is 3.00. The molecule has 0 atom stereocenters. The molecule has 65 valence electrons. The van der Waals surface area contributed by atoms with Gasteiger partial charge in [-0.2, -0.15) is 0 Å². The van der Waals surface area contributed by atoms with Crippen molar-refractivity contribution in [2.24, 2.45) is 0 Å². The van der Waals surface area contributed by atoms with Crippen molar-refractivity contribution in [3.05, 3.63) is 38.6 Å². The predicted molar refractivity (Wildman–Crippen MR) is 43.5 cm³/mol. The molecule has 5 heteroatoms. The summed E-state index contributed by atoms with van der Waals surface area (Å²) in [5.74, 6) is 0. The van der Waals surface area contributed by atoms with Crippen LogP contribution in [-0.4, -0.2) is 0 Å². The number of halogens is 2. The van der Waals surface area contributed by atoms with Gasteiger partial charge in [-0.1, -0.05) is 0 Å². The zero-order valence-electron chi connectivity index (χ0n) is 4.83. The van der Waals surface area contributed by atoms with Gasteiger partial charge in [-0.25, -0.2) is 0 Å². The molecule has 0 radical (unpaired) electrons. The first-order valence-electron chi connectivity index (χ1n) is 0.936. The molecule has 0 fully saturated rings. The normalized spacial score (nSPS) is 1.67. The van der Waals surface area contributed by atoms with Crippen LogP contribution in [-0.2, 0) is 18.8 Å². The molecule has 0 rings (SSSR count). The molecule has 0 aromatic rings. The van der Waals surface area contributed by atoms with E-state index in [1.807, 2.05) is 0 Å². The molecule has 0 aliphatic heterocycles. The molecule has 0 saturated heterocycles. The number of hydrogen-bond donors (Lipinski definition) is 0. The molecule has 0 aromatic heterocycles. The van der Waals surface area contributed by atoms with Crippen LogP contribution in [0, 0.1) is 13.2 Å². The van der Waals surface area contributed by atoms with Crippen molar-refractivity contribution >= 4 is 21.8 Å². The first-order valence-corrected chi connectivity index (χ1v) is 3.75. The van der Waals surface area contributed by atoms with Crippen LogP contribution in [0.3, 0.4) is 0 Å². The Bertz CT molecular complexity index is 18.5. The second-order valence-corrected chi connectivity index (χ2v) is 0. The third-order valence-electron chi connectivity index (χ3n) is 0. The van der Waals surface area contributed by atoms with Gasteiger partial charge >= 0.3 is 28.2 Å². The number of nitrogens with two attached hydrogens (primary N) is 2. The predicted octanol–water partition coefficient (Wildman–Crippen LogP) is 3.75. The van der Waals surface area contributed by atoms with E-state index in [2.05, 4.69) is 35.7 Å². The molecule has 0 aromatic carbocycles. The van der Waals surface area contributed by atoms with Crippen LogP contribution < -0.4 is 0 Å². The van der Waals surface area contributed by atoms with Gasteiger partial charge in [-0.3, -0.25) is 13.2 Å². The summed E-state index contributed by atoms with van der Waals surface area (Å²) in [7, 11) is 4.61. The van der Waals surface area contributed by atoms with E-state index in [0.717, 1.165) is 0 Å². The van der Waals surface area contributed by atoms with Gasteiger partial charge < -0.3 is 25.5 Å². The zero-order valence-corrected chi connectivity index (χ0v) is 8.67. The summed E-state index contributed by atoms with van der Waals surface area (Å²) >= 11 is 1.61. The monoisotopic (exact) mass is 352 g/mol. The maximum Gasteiger partial charge on any atom is -0.693 e. The van der Waals surface area contributed by atoms with Crippen molar-refractivity contribution in [2.45, 2.75) is 0 Å². The van der Waals surface area contributed by atoms with Crippen LogP contribution in [0.5, 0.6) is 0 Å². The van der Waals surface area contributed by atoms with E-state index < -0.39 is 0 Å². The second kappa shape index (κ2) is 1140. The molecule has 4 N–H and O–H groups in total. The third kappa shape index (κ3) is 863. The van der Waals surface area contributed by atoms with Crippen LogP contribution in [0.15, 0.2) is 13.2 Å². The summed E-state index contributed by atoms with van der Waals surface area (Å²) in [5, 5.41) is 0. The van der Waals surface area contributed by atoms with Crippen molar-refractivity contribution in [1.29, 1.82) is 0 Å². The topological polar surface area (TPSA) is 67.0 Å². The minimum Gasteiger partial charge on any atom is -0.693 e. The fourth-order valence-electron chi connectivity index (χ4n) is 0. The van der Waals surface area contributed by atoms with Gasteiger partial charge in [0.05, 0.1) is 0 Å². The Kier molecular flexibility index (Phi) is 6850. The molecule has 0 bridgehead atoms. The standard InChI is InChI=1S/2C2H3.2ClH.2H2N.Pt/c2*1-2;;;;;/h2*1H,2H2;2*1H;2*1H2;/q2*-1;;;2*-1;+1/p-1. The van der Waals surface area contributed by atoms with E-state index in [1.54, 1.807) is 18.8 Å². The van der Waals surface area contributed by atoms with Crippen LogP contribution >= 0.6 is 21.8 Å². The van der Waals surface area contributed by atoms with Crippen LogP contribution in [0.4, 0.5) is 0 Å². The summed E-state index contributed by atoms with van der Waals surface area (Å²) in [6.07, 6.45) is 0. The van der Waals surface area contributed by atoms with Gasteiger partial charge in [0, 0.05) is 0 Å². The van der Waals surface area contributed by atoms with Crippen molar-refractivity contribution in [2.75, 3.05) is 0 Å². The van der Waals surface area contributed by atoms with Crippen LogP contribution in [0.2, 0.25) is 0 Å². The van der Waals surface area contributed by atoms with E-state index in [4.69, 9.17) is 0 Å². The summed E-state index contributed by atoms with van der Waals surface area (Å²) in [4.78, 5) is 0. The van der Waals surface area contributed by atoms with Gasteiger partial charge in [0.25, 0.3) is 0 Å². The number of rotatable bonds is 0. The van der Waals surface area contributed by atoms with E-state index in [0.29, 0.717) is 0 Å². The minimum absolute atomic E-state index is 0. The molecular formula is C4H11Cl2N2Pt-4. The maximum absolute atomic E-state index is 4.61. The summed E-state index contributed by atoms with van der Waals surface area (Å²) in [6.45, 7) is 14.0.